The third-order valence-electron chi connectivity index (χ3n) is 2.85. The van der Waals surface area contributed by atoms with Gasteiger partial charge in [0.25, 0.3) is 0 Å². The van der Waals surface area contributed by atoms with E-state index in [-0.39, 0.29) is 11.9 Å². The third kappa shape index (κ3) is 2.69. The standard InChI is InChI=1S/C12H13BrN2O3/c1-7(16)15(9-3-4-9)11(12(17)18)10-5-2-8(13)6-14-10/h2,5-6,9,11H,3-4H2,1H3,(H,17,18). The lowest BCUT2D eigenvalue weighted by Gasteiger charge is -2.27. The molecule has 2 rings (SSSR count). The van der Waals surface area contributed by atoms with Crippen molar-refractivity contribution >= 4 is 27.8 Å². The summed E-state index contributed by atoms with van der Waals surface area (Å²) >= 11 is 3.25. The number of rotatable bonds is 4. The second-order valence-electron chi connectivity index (χ2n) is 4.30. The largest absolute Gasteiger partial charge is 0.479 e. The van der Waals surface area contributed by atoms with E-state index in [1.807, 2.05) is 0 Å². The van der Waals surface area contributed by atoms with E-state index in [9.17, 15) is 14.7 Å². The molecule has 1 aromatic heterocycles. The normalized spacial score (nSPS) is 16.1. The molecule has 1 saturated carbocycles. The van der Waals surface area contributed by atoms with Crippen LogP contribution >= 0.6 is 15.9 Å². The van der Waals surface area contributed by atoms with Crippen molar-refractivity contribution in [2.24, 2.45) is 0 Å². The lowest BCUT2D eigenvalue weighted by Crippen LogP contribution is -2.39. The molecule has 0 aromatic carbocycles. The smallest absolute Gasteiger partial charge is 0.332 e. The molecule has 1 aliphatic rings. The summed E-state index contributed by atoms with van der Waals surface area (Å²) < 4.78 is 0.774. The van der Waals surface area contributed by atoms with Gasteiger partial charge in [-0.05, 0) is 40.9 Å². The highest BCUT2D eigenvalue weighted by atomic mass is 79.9. The van der Waals surface area contributed by atoms with Crippen molar-refractivity contribution in [3.8, 4) is 0 Å². The molecular formula is C12H13BrN2O3. The molecule has 1 aromatic rings. The molecule has 1 amide bonds. The average Bonchev–Trinajstić information content (AvgIpc) is 3.10. The number of pyridine rings is 1. The molecule has 0 radical (unpaired) electrons. The number of nitrogens with zero attached hydrogens (tertiary/aromatic N) is 2. The molecule has 1 atom stereocenters. The Kier molecular flexibility index (Phi) is 3.65. The van der Waals surface area contributed by atoms with E-state index in [1.54, 1.807) is 12.1 Å². The van der Waals surface area contributed by atoms with Gasteiger partial charge >= 0.3 is 5.97 Å². The van der Waals surface area contributed by atoms with Crippen LogP contribution in [0.5, 0.6) is 0 Å². The van der Waals surface area contributed by atoms with Crippen LogP contribution in [0, 0.1) is 0 Å². The number of carboxylic acid groups (broad SMARTS) is 1. The van der Waals surface area contributed by atoms with Crippen LogP contribution in [0.25, 0.3) is 0 Å². The summed E-state index contributed by atoms with van der Waals surface area (Å²) in [6.45, 7) is 1.40. The minimum absolute atomic E-state index is 0.0362. The predicted molar refractivity (Wildman–Crippen MR) is 67.9 cm³/mol. The van der Waals surface area contributed by atoms with Gasteiger partial charge in [-0.15, -0.1) is 0 Å². The molecule has 0 aliphatic heterocycles. The fourth-order valence-electron chi connectivity index (χ4n) is 1.94. The quantitative estimate of drug-likeness (QED) is 0.923. The van der Waals surface area contributed by atoms with Gasteiger partial charge in [0.05, 0.1) is 5.69 Å². The van der Waals surface area contributed by atoms with Gasteiger partial charge in [0, 0.05) is 23.6 Å². The van der Waals surface area contributed by atoms with Crippen molar-refractivity contribution in [3.05, 3.63) is 28.5 Å². The molecule has 0 bridgehead atoms. The average molecular weight is 313 g/mol. The van der Waals surface area contributed by atoms with Crippen LogP contribution in [0.2, 0.25) is 0 Å². The molecular weight excluding hydrogens is 300 g/mol. The predicted octanol–water partition coefficient (Wildman–Crippen LogP) is 1.98. The van der Waals surface area contributed by atoms with Gasteiger partial charge in [-0.2, -0.15) is 0 Å². The summed E-state index contributed by atoms with van der Waals surface area (Å²) in [5, 5.41) is 9.35. The van der Waals surface area contributed by atoms with Crippen molar-refractivity contribution in [2.45, 2.75) is 31.8 Å². The Bertz CT molecular complexity index is 471. The molecule has 1 aliphatic carbocycles. The minimum atomic E-state index is -1.05. The monoisotopic (exact) mass is 312 g/mol. The lowest BCUT2D eigenvalue weighted by molar-refractivity contribution is -0.150. The Labute approximate surface area is 113 Å². The first-order valence-electron chi connectivity index (χ1n) is 5.64. The molecule has 96 valence electrons. The number of carbonyl (C=O) groups excluding carboxylic acids is 1. The number of hydrogen-bond donors (Lipinski definition) is 1. The zero-order valence-corrected chi connectivity index (χ0v) is 11.4. The number of carbonyl (C=O) groups is 2. The SMILES string of the molecule is CC(=O)N(C1CC1)C(C(=O)O)c1ccc(Br)cn1. The zero-order chi connectivity index (χ0) is 13.3. The van der Waals surface area contributed by atoms with Crippen molar-refractivity contribution in [1.29, 1.82) is 0 Å². The first-order valence-corrected chi connectivity index (χ1v) is 6.43. The second kappa shape index (κ2) is 5.06. The van der Waals surface area contributed by atoms with Gasteiger partial charge in [0.2, 0.25) is 5.91 Å². The van der Waals surface area contributed by atoms with Gasteiger partial charge in [0.15, 0.2) is 6.04 Å². The minimum Gasteiger partial charge on any atom is -0.479 e. The van der Waals surface area contributed by atoms with E-state index in [4.69, 9.17) is 0 Å². The van der Waals surface area contributed by atoms with E-state index < -0.39 is 12.0 Å². The summed E-state index contributed by atoms with van der Waals surface area (Å²) in [5.74, 6) is -1.28. The molecule has 1 fully saturated rings. The Morgan fingerprint density at radius 1 is 1.50 bits per heavy atom. The molecule has 5 nitrogen and oxygen atoms in total. The third-order valence-corrected chi connectivity index (χ3v) is 3.32. The number of aromatic nitrogens is 1. The van der Waals surface area contributed by atoms with Crippen LogP contribution in [0.3, 0.4) is 0 Å². The van der Waals surface area contributed by atoms with Gasteiger partial charge in [0.1, 0.15) is 0 Å². The van der Waals surface area contributed by atoms with E-state index in [0.717, 1.165) is 17.3 Å². The van der Waals surface area contributed by atoms with E-state index in [2.05, 4.69) is 20.9 Å². The van der Waals surface area contributed by atoms with E-state index in [1.165, 1.54) is 18.0 Å². The molecule has 1 unspecified atom stereocenters. The Morgan fingerprint density at radius 2 is 2.17 bits per heavy atom. The molecule has 1 N–H and O–H groups in total. The highest BCUT2D eigenvalue weighted by Crippen LogP contribution is 2.34. The fourth-order valence-corrected chi connectivity index (χ4v) is 2.17. The summed E-state index contributed by atoms with van der Waals surface area (Å²) in [6.07, 6.45) is 3.26. The maximum absolute atomic E-state index is 11.6. The van der Waals surface area contributed by atoms with Crippen LogP contribution in [0.1, 0.15) is 31.5 Å². The van der Waals surface area contributed by atoms with Gasteiger partial charge in [-0.25, -0.2) is 4.79 Å². The Hall–Kier alpha value is -1.43. The zero-order valence-electron chi connectivity index (χ0n) is 9.84. The molecule has 0 saturated heterocycles. The van der Waals surface area contributed by atoms with Crippen molar-refractivity contribution in [3.63, 3.8) is 0 Å². The fraction of sp³-hybridized carbons (Fsp3) is 0.417. The van der Waals surface area contributed by atoms with Gasteiger partial charge < -0.3 is 10.0 Å². The number of amides is 1. The molecule has 18 heavy (non-hydrogen) atoms. The number of aliphatic carboxylic acids is 1. The van der Waals surface area contributed by atoms with Crippen molar-refractivity contribution in [2.75, 3.05) is 0 Å². The highest BCUT2D eigenvalue weighted by molar-refractivity contribution is 9.10. The number of carboxylic acids is 1. The Morgan fingerprint density at radius 3 is 2.56 bits per heavy atom. The molecule has 0 spiro atoms. The van der Waals surface area contributed by atoms with Crippen molar-refractivity contribution < 1.29 is 14.7 Å². The topological polar surface area (TPSA) is 70.5 Å². The summed E-state index contributed by atoms with van der Waals surface area (Å²) in [6, 6.07) is 2.39. The van der Waals surface area contributed by atoms with Crippen LogP contribution in [0.4, 0.5) is 0 Å². The second-order valence-corrected chi connectivity index (χ2v) is 5.22. The lowest BCUT2D eigenvalue weighted by atomic mass is 10.1. The Balaban J connectivity index is 2.35. The van der Waals surface area contributed by atoms with Crippen LogP contribution in [-0.4, -0.2) is 32.9 Å². The summed E-state index contributed by atoms with van der Waals surface area (Å²) in [4.78, 5) is 28.6. The van der Waals surface area contributed by atoms with E-state index >= 15 is 0 Å². The van der Waals surface area contributed by atoms with Crippen LogP contribution in [-0.2, 0) is 9.59 Å². The number of hydrogen-bond acceptors (Lipinski definition) is 3. The maximum atomic E-state index is 11.6. The van der Waals surface area contributed by atoms with Crippen molar-refractivity contribution in [1.82, 2.24) is 9.88 Å². The van der Waals surface area contributed by atoms with Crippen LogP contribution in [0.15, 0.2) is 22.8 Å². The highest BCUT2D eigenvalue weighted by Gasteiger charge is 2.40. The van der Waals surface area contributed by atoms with Gasteiger partial charge in [-0.3, -0.25) is 9.78 Å². The maximum Gasteiger partial charge on any atom is 0.332 e. The van der Waals surface area contributed by atoms with Gasteiger partial charge in [-0.1, -0.05) is 0 Å². The first kappa shape index (κ1) is 13.0. The number of halogens is 1. The summed E-state index contributed by atoms with van der Waals surface area (Å²) in [5.41, 5.74) is 0.382. The van der Waals surface area contributed by atoms with E-state index in [0.29, 0.717) is 5.69 Å². The summed E-state index contributed by atoms with van der Waals surface area (Å²) in [7, 11) is 0. The first-order chi connectivity index (χ1) is 8.50. The molecule has 1 heterocycles. The molecule has 6 heteroatoms. The van der Waals surface area contributed by atoms with Crippen LogP contribution < -0.4 is 0 Å².